The normalized spacial score (nSPS) is 24.5. The van der Waals surface area contributed by atoms with Crippen LogP contribution in [0.4, 0.5) is 0 Å². The number of halogens is 1. The molecule has 2 aliphatic rings. The van der Waals surface area contributed by atoms with Gasteiger partial charge in [0.1, 0.15) is 30.2 Å². The largest absolute Gasteiger partial charge is 0.454 e. The molecule has 2 saturated heterocycles. The van der Waals surface area contributed by atoms with Gasteiger partial charge in [-0.05, 0) is 68.2 Å². The van der Waals surface area contributed by atoms with Crippen molar-refractivity contribution in [2.24, 2.45) is 11.8 Å². The highest BCUT2D eigenvalue weighted by molar-refractivity contribution is 6.30. The summed E-state index contributed by atoms with van der Waals surface area (Å²) in [5, 5.41) is 19.9. The lowest BCUT2D eigenvalue weighted by Crippen LogP contribution is -2.60. The zero-order chi connectivity index (χ0) is 52.2. The topological polar surface area (TPSA) is 235 Å². The predicted molar refractivity (Wildman–Crippen MR) is 260 cm³/mol. The van der Waals surface area contributed by atoms with E-state index in [2.05, 4.69) is 16.0 Å². The van der Waals surface area contributed by atoms with Crippen LogP contribution in [0.2, 0.25) is 5.02 Å². The highest BCUT2D eigenvalue weighted by atomic mass is 35.5. The van der Waals surface area contributed by atoms with E-state index < -0.39 is 121 Å². The number of rotatable bonds is 9. The monoisotopic (exact) mass is 994 g/mol. The van der Waals surface area contributed by atoms with E-state index in [1.54, 1.807) is 61.5 Å². The molecule has 2 aromatic carbocycles. The van der Waals surface area contributed by atoms with Gasteiger partial charge in [0, 0.05) is 52.6 Å². The Morgan fingerprint density at radius 1 is 0.729 bits per heavy atom. The lowest BCUT2D eigenvalue weighted by atomic mass is 9.95. The lowest BCUT2D eigenvalue weighted by molar-refractivity contribution is -0.167. The SMILES string of the molecule is CCC(C)C1NC(=O)[C@@H]2CCCN2C(=O)[C@H](Cc2ccc(Cl)cc2)N(C)C(=O)[C@H](Cc2ccccc2)NC(=O)CN(C)C(=O)COC(=O)C(C(C)(C)O)N(C)C(=O)[C@H](CC(C)C)NC(=O)CN(C)C1=O. The van der Waals surface area contributed by atoms with E-state index in [-0.39, 0.29) is 38.1 Å². The number of benzene rings is 2. The molecule has 20 heteroatoms. The zero-order valence-electron chi connectivity index (χ0n) is 42.0. The summed E-state index contributed by atoms with van der Waals surface area (Å²) in [6.07, 6.45) is 1.24. The highest BCUT2D eigenvalue weighted by Gasteiger charge is 2.44. The van der Waals surface area contributed by atoms with Gasteiger partial charge in [-0.1, -0.05) is 88.2 Å². The maximum atomic E-state index is 15.0. The number of fused-ring (bicyclic) bond motifs is 1. The molecule has 0 radical (unpaired) electrons. The summed E-state index contributed by atoms with van der Waals surface area (Å²) in [5.74, 6) is -7.20. The van der Waals surface area contributed by atoms with E-state index in [9.17, 15) is 48.3 Å². The third-order valence-corrected chi connectivity index (χ3v) is 13.1. The second-order valence-electron chi connectivity index (χ2n) is 19.5. The van der Waals surface area contributed by atoms with E-state index in [4.69, 9.17) is 16.3 Å². The van der Waals surface area contributed by atoms with Crippen LogP contribution in [-0.4, -0.2) is 179 Å². The fraction of sp³-hybridized carbons (Fsp3) is 0.580. The summed E-state index contributed by atoms with van der Waals surface area (Å²) >= 11 is 6.21. The fourth-order valence-corrected chi connectivity index (χ4v) is 8.86. The van der Waals surface area contributed by atoms with Crippen LogP contribution in [-0.2, 0) is 60.7 Å². The fourth-order valence-electron chi connectivity index (χ4n) is 8.73. The number of aliphatic hydroxyl groups is 1. The number of esters is 1. The molecule has 2 aromatic rings. The zero-order valence-corrected chi connectivity index (χ0v) is 42.8. The van der Waals surface area contributed by atoms with Crippen molar-refractivity contribution in [3.05, 3.63) is 70.7 Å². The Bertz CT molecular complexity index is 2200. The van der Waals surface area contributed by atoms with E-state index in [0.29, 0.717) is 29.0 Å². The molecule has 7 atom stereocenters. The number of nitrogens with one attached hydrogen (secondary N) is 3. The average molecular weight is 996 g/mol. The second kappa shape index (κ2) is 25.2. The van der Waals surface area contributed by atoms with Crippen LogP contribution in [0.5, 0.6) is 0 Å². The molecule has 0 aliphatic carbocycles. The van der Waals surface area contributed by atoms with Gasteiger partial charge in [0.2, 0.25) is 41.4 Å². The van der Waals surface area contributed by atoms with Crippen molar-refractivity contribution in [1.29, 1.82) is 0 Å². The molecule has 0 aromatic heterocycles. The van der Waals surface area contributed by atoms with Crippen LogP contribution < -0.4 is 16.0 Å². The Labute approximate surface area is 415 Å². The number of carbonyl (C=O) groups excluding carboxylic acids is 9. The number of carbonyl (C=O) groups is 9. The maximum Gasteiger partial charge on any atom is 0.332 e. The first-order chi connectivity index (χ1) is 32.8. The van der Waals surface area contributed by atoms with Crippen LogP contribution in [0.25, 0.3) is 0 Å². The number of likely N-dealkylation sites (N-methyl/N-ethyl adjacent to an activating group) is 4. The van der Waals surface area contributed by atoms with Crippen LogP contribution in [0.15, 0.2) is 54.6 Å². The van der Waals surface area contributed by atoms with Gasteiger partial charge < -0.3 is 50.3 Å². The van der Waals surface area contributed by atoms with E-state index in [0.717, 1.165) is 14.7 Å². The van der Waals surface area contributed by atoms with Gasteiger partial charge in [0.15, 0.2) is 12.6 Å². The Morgan fingerprint density at radius 2 is 1.30 bits per heavy atom. The van der Waals surface area contributed by atoms with Crippen molar-refractivity contribution in [3.63, 3.8) is 0 Å². The highest BCUT2D eigenvalue weighted by Crippen LogP contribution is 2.25. The average Bonchev–Trinajstić information content (AvgIpc) is 3.80. The third kappa shape index (κ3) is 15.2. The molecule has 4 rings (SSSR count). The van der Waals surface area contributed by atoms with Gasteiger partial charge in [-0.3, -0.25) is 38.4 Å². The number of hydrogen-bond acceptors (Lipinski definition) is 11. The molecule has 4 N–H and O–H groups in total. The second-order valence-corrected chi connectivity index (χ2v) is 19.9. The van der Waals surface area contributed by atoms with Crippen molar-refractivity contribution in [1.82, 2.24) is 40.4 Å². The van der Waals surface area contributed by atoms with Gasteiger partial charge in [0.25, 0.3) is 5.91 Å². The Balaban J connectivity index is 1.80. The quantitative estimate of drug-likeness (QED) is 0.263. The van der Waals surface area contributed by atoms with E-state index in [1.807, 2.05) is 20.8 Å². The van der Waals surface area contributed by atoms with E-state index in [1.165, 1.54) is 51.8 Å². The van der Waals surface area contributed by atoms with E-state index >= 15 is 0 Å². The minimum Gasteiger partial charge on any atom is -0.454 e. The van der Waals surface area contributed by atoms with Crippen molar-refractivity contribution in [2.45, 2.75) is 122 Å². The molecule has 70 heavy (non-hydrogen) atoms. The van der Waals surface area contributed by atoms with Crippen molar-refractivity contribution >= 4 is 64.8 Å². The smallest absolute Gasteiger partial charge is 0.332 e. The molecular formula is C50H71ClN8O11. The molecule has 8 amide bonds. The standard InChI is InChI=1S/C50H71ClN8O11/c1-11-31(4)42-48(67)56(8)28-40(61)52-35(24-30(2)3)46(65)58(10)43(50(5,6)69)49(68)70-29-41(62)55(7)27-39(60)53-36(25-32-16-13-12-14-17-32)45(64)57(9)38(26-33-19-21-34(51)22-20-33)47(66)59-23-15-18-37(59)44(63)54-42/h12-14,16-17,19-22,30-31,35-38,42-43,69H,11,15,18,23-29H2,1-10H3,(H,52,61)(H,53,60)(H,54,63)/t31?,35-,36-,37-,38-,42?,43?/m0/s1. The Hall–Kier alpha value is -6.08. The summed E-state index contributed by atoms with van der Waals surface area (Å²) in [5.41, 5.74) is -0.597. The van der Waals surface area contributed by atoms with Gasteiger partial charge in [-0.25, -0.2) is 4.79 Å². The summed E-state index contributed by atoms with van der Waals surface area (Å²) in [4.78, 5) is 133. The molecule has 2 fully saturated rings. The van der Waals surface area contributed by atoms with Crippen LogP contribution >= 0.6 is 11.6 Å². The van der Waals surface area contributed by atoms with Crippen molar-refractivity contribution < 1.29 is 53.0 Å². The molecule has 19 nitrogen and oxygen atoms in total. The maximum absolute atomic E-state index is 15.0. The van der Waals surface area contributed by atoms with Gasteiger partial charge in [0.05, 0.1) is 18.7 Å². The number of nitrogens with zero attached hydrogens (tertiary/aromatic N) is 5. The van der Waals surface area contributed by atoms with Crippen LogP contribution in [0, 0.1) is 11.8 Å². The molecule has 3 unspecified atom stereocenters. The number of ether oxygens (including phenoxy) is 1. The van der Waals surface area contributed by atoms with Crippen molar-refractivity contribution in [2.75, 3.05) is 54.4 Å². The van der Waals surface area contributed by atoms with Gasteiger partial charge in [-0.2, -0.15) is 0 Å². The van der Waals surface area contributed by atoms with Gasteiger partial charge in [-0.15, -0.1) is 0 Å². The number of hydrogen-bond donors (Lipinski definition) is 4. The van der Waals surface area contributed by atoms with Crippen LogP contribution in [0.3, 0.4) is 0 Å². The molecule has 2 aliphatic heterocycles. The summed E-state index contributed by atoms with van der Waals surface area (Å²) in [6, 6.07) is 8.07. The minimum absolute atomic E-state index is 0.000379. The molecular weight excluding hydrogens is 924 g/mol. The first kappa shape index (κ1) is 56.5. The Kier molecular flexibility index (Phi) is 20.3. The molecule has 0 spiro atoms. The first-order valence-electron chi connectivity index (χ1n) is 23.7. The minimum atomic E-state index is -1.92. The van der Waals surface area contributed by atoms with Gasteiger partial charge >= 0.3 is 5.97 Å². The first-order valence-corrected chi connectivity index (χ1v) is 24.1. The number of cyclic esters (lactones) is 1. The lowest BCUT2D eigenvalue weighted by Gasteiger charge is -2.37. The molecule has 384 valence electrons. The molecule has 0 saturated carbocycles. The molecule has 2 heterocycles. The van der Waals surface area contributed by atoms with Crippen LogP contribution in [0.1, 0.15) is 78.4 Å². The summed E-state index contributed by atoms with van der Waals surface area (Å²) < 4.78 is 5.35. The third-order valence-electron chi connectivity index (χ3n) is 12.8. The molecule has 0 bridgehead atoms. The summed E-state index contributed by atoms with van der Waals surface area (Å²) in [6.45, 7) is 7.95. The predicted octanol–water partition coefficient (Wildman–Crippen LogP) is 1.56. The number of amides is 8. The summed E-state index contributed by atoms with van der Waals surface area (Å²) in [7, 11) is 5.37. The van der Waals surface area contributed by atoms with Crippen molar-refractivity contribution in [3.8, 4) is 0 Å². The Morgan fingerprint density at radius 3 is 1.89 bits per heavy atom.